The van der Waals surface area contributed by atoms with Gasteiger partial charge in [-0.3, -0.25) is 4.79 Å². The number of hydrogen-bond acceptors (Lipinski definition) is 3. The lowest BCUT2D eigenvalue weighted by molar-refractivity contribution is -0.123. The maximum Gasteiger partial charge on any atom is 0.231 e. The fraction of sp³-hybridized carbons (Fsp3) is 0.250. The summed E-state index contributed by atoms with van der Waals surface area (Å²) >= 11 is 0. The minimum absolute atomic E-state index is 0.0248. The molecule has 1 unspecified atom stereocenters. The van der Waals surface area contributed by atoms with Gasteiger partial charge in [0.05, 0.1) is 5.92 Å². The summed E-state index contributed by atoms with van der Waals surface area (Å²) in [6.45, 7) is 1.39. The highest BCUT2D eigenvalue weighted by Crippen LogP contribution is 2.30. The molecular formula is C20H20N4O. The van der Waals surface area contributed by atoms with Gasteiger partial charge in [-0.15, -0.1) is 10.2 Å². The number of nitrogens with one attached hydrogen (secondary N) is 1. The molecule has 1 aromatic heterocycles. The summed E-state index contributed by atoms with van der Waals surface area (Å²) in [5, 5.41) is 11.7. The van der Waals surface area contributed by atoms with Crippen LogP contribution in [-0.4, -0.2) is 20.7 Å². The van der Waals surface area contributed by atoms with Crippen LogP contribution in [0.5, 0.6) is 0 Å². The van der Waals surface area contributed by atoms with Crippen LogP contribution in [0.4, 0.5) is 0 Å². The van der Waals surface area contributed by atoms with Crippen molar-refractivity contribution in [3.05, 3.63) is 72.1 Å². The standard InChI is InChI=1S/C20H20N4O/c25-20(21-14-15-8-3-1-4-9-15)17-12-7-13-24-18(22-23-19(17)24)16-10-5-2-6-11-16/h1-6,8-11,17H,7,12-14H2,(H,21,25). The van der Waals surface area contributed by atoms with E-state index in [4.69, 9.17) is 0 Å². The van der Waals surface area contributed by atoms with Crippen molar-refractivity contribution in [2.45, 2.75) is 31.8 Å². The highest BCUT2D eigenvalue weighted by molar-refractivity contribution is 5.83. The molecule has 3 aromatic rings. The first-order valence-corrected chi connectivity index (χ1v) is 8.63. The summed E-state index contributed by atoms with van der Waals surface area (Å²) < 4.78 is 2.09. The zero-order chi connectivity index (χ0) is 17.1. The topological polar surface area (TPSA) is 59.8 Å². The van der Waals surface area contributed by atoms with Gasteiger partial charge in [0, 0.05) is 18.7 Å². The van der Waals surface area contributed by atoms with Crippen LogP contribution in [0.2, 0.25) is 0 Å². The van der Waals surface area contributed by atoms with E-state index in [1.807, 2.05) is 60.7 Å². The Labute approximate surface area is 146 Å². The number of fused-ring (bicyclic) bond motifs is 1. The quantitative estimate of drug-likeness (QED) is 0.798. The number of carbonyl (C=O) groups excluding carboxylic acids is 1. The van der Waals surface area contributed by atoms with Crippen molar-refractivity contribution < 1.29 is 4.79 Å². The van der Waals surface area contributed by atoms with Gasteiger partial charge in [0.1, 0.15) is 5.82 Å². The number of nitrogens with zero attached hydrogens (tertiary/aromatic N) is 3. The fourth-order valence-electron chi connectivity index (χ4n) is 3.33. The van der Waals surface area contributed by atoms with E-state index in [1.54, 1.807) is 0 Å². The van der Waals surface area contributed by atoms with E-state index in [9.17, 15) is 4.79 Å². The van der Waals surface area contributed by atoms with Gasteiger partial charge >= 0.3 is 0 Å². The van der Waals surface area contributed by atoms with Crippen molar-refractivity contribution in [1.82, 2.24) is 20.1 Å². The van der Waals surface area contributed by atoms with E-state index >= 15 is 0 Å². The van der Waals surface area contributed by atoms with Crippen LogP contribution in [-0.2, 0) is 17.9 Å². The second-order valence-electron chi connectivity index (χ2n) is 6.30. The summed E-state index contributed by atoms with van der Waals surface area (Å²) in [5.41, 5.74) is 2.13. The normalized spacial score (nSPS) is 16.2. The van der Waals surface area contributed by atoms with Gasteiger partial charge in [-0.2, -0.15) is 0 Å². The Morgan fingerprint density at radius 1 is 1.04 bits per heavy atom. The summed E-state index contributed by atoms with van der Waals surface area (Å²) in [6, 6.07) is 20.0. The van der Waals surface area contributed by atoms with E-state index in [0.29, 0.717) is 6.54 Å². The van der Waals surface area contributed by atoms with Gasteiger partial charge in [0.2, 0.25) is 5.91 Å². The second-order valence-corrected chi connectivity index (χ2v) is 6.30. The third kappa shape index (κ3) is 3.18. The molecular weight excluding hydrogens is 312 g/mol. The first kappa shape index (κ1) is 15.6. The minimum Gasteiger partial charge on any atom is -0.351 e. The van der Waals surface area contributed by atoms with E-state index in [1.165, 1.54) is 0 Å². The minimum atomic E-state index is -0.234. The number of benzene rings is 2. The van der Waals surface area contributed by atoms with Gasteiger partial charge in [-0.25, -0.2) is 0 Å². The average molecular weight is 332 g/mol. The molecule has 4 rings (SSSR count). The third-order valence-electron chi connectivity index (χ3n) is 4.62. The molecule has 0 radical (unpaired) electrons. The third-order valence-corrected chi connectivity index (χ3v) is 4.62. The Morgan fingerprint density at radius 2 is 1.76 bits per heavy atom. The molecule has 1 aliphatic rings. The Bertz CT molecular complexity index is 858. The van der Waals surface area contributed by atoms with Gasteiger partial charge in [-0.05, 0) is 18.4 Å². The highest BCUT2D eigenvalue weighted by Gasteiger charge is 2.30. The first-order valence-electron chi connectivity index (χ1n) is 8.63. The molecule has 2 heterocycles. The van der Waals surface area contributed by atoms with Gasteiger partial charge < -0.3 is 9.88 Å². The summed E-state index contributed by atoms with van der Waals surface area (Å²) in [7, 11) is 0. The number of aromatic nitrogens is 3. The molecule has 5 nitrogen and oxygen atoms in total. The molecule has 0 saturated carbocycles. The monoisotopic (exact) mass is 332 g/mol. The van der Waals surface area contributed by atoms with Crippen molar-refractivity contribution in [3.8, 4) is 11.4 Å². The molecule has 2 aromatic carbocycles. The number of carbonyl (C=O) groups is 1. The second kappa shape index (κ2) is 6.89. The van der Waals surface area contributed by atoms with Crippen molar-refractivity contribution in [2.24, 2.45) is 0 Å². The molecule has 25 heavy (non-hydrogen) atoms. The Kier molecular flexibility index (Phi) is 4.29. The zero-order valence-electron chi connectivity index (χ0n) is 13.9. The van der Waals surface area contributed by atoms with Crippen molar-refractivity contribution in [3.63, 3.8) is 0 Å². The van der Waals surface area contributed by atoms with Gasteiger partial charge in [0.25, 0.3) is 0 Å². The molecule has 5 heteroatoms. The maximum absolute atomic E-state index is 12.7. The average Bonchev–Trinajstić information content (AvgIpc) is 3.12. The van der Waals surface area contributed by atoms with Crippen molar-refractivity contribution in [2.75, 3.05) is 0 Å². The van der Waals surface area contributed by atoms with Crippen LogP contribution in [0, 0.1) is 0 Å². The molecule has 1 N–H and O–H groups in total. The van der Waals surface area contributed by atoms with E-state index in [-0.39, 0.29) is 11.8 Å². The highest BCUT2D eigenvalue weighted by atomic mass is 16.1. The van der Waals surface area contributed by atoms with Crippen LogP contribution in [0.1, 0.15) is 30.1 Å². The van der Waals surface area contributed by atoms with Gasteiger partial charge in [0.15, 0.2) is 5.82 Å². The maximum atomic E-state index is 12.7. The Balaban J connectivity index is 1.54. The van der Waals surface area contributed by atoms with E-state index in [2.05, 4.69) is 20.1 Å². The summed E-state index contributed by atoms with van der Waals surface area (Å²) in [5.74, 6) is 1.41. The summed E-state index contributed by atoms with van der Waals surface area (Å²) in [6.07, 6.45) is 1.77. The molecule has 0 spiro atoms. The number of amides is 1. The van der Waals surface area contributed by atoms with Crippen LogP contribution in [0.15, 0.2) is 60.7 Å². The largest absolute Gasteiger partial charge is 0.351 e. The SMILES string of the molecule is O=C(NCc1ccccc1)C1CCCn2c(-c3ccccc3)nnc21. The predicted octanol–water partition coefficient (Wildman–Crippen LogP) is 3.14. The molecule has 1 atom stereocenters. The van der Waals surface area contributed by atoms with Crippen molar-refractivity contribution in [1.29, 1.82) is 0 Å². The zero-order valence-corrected chi connectivity index (χ0v) is 13.9. The lowest BCUT2D eigenvalue weighted by Crippen LogP contribution is -2.32. The fourth-order valence-corrected chi connectivity index (χ4v) is 3.33. The van der Waals surface area contributed by atoms with Crippen LogP contribution < -0.4 is 5.32 Å². The van der Waals surface area contributed by atoms with Crippen molar-refractivity contribution >= 4 is 5.91 Å². The van der Waals surface area contributed by atoms with Crippen LogP contribution in [0.25, 0.3) is 11.4 Å². The Hall–Kier alpha value is -2.95. The molecule has 1 amide bonds. The molecule has 0 bridgehead atoms. The summed E-state index contributed by atoms with van der Waals surface area (Å²) in [4.78, 5) is 12.7. The van der Waals surface area contributed by atoms with Gasteiger partial charge in [-0.1, -0.05) is 60.7 Å². The van der Waals surface area contributed by atoms with Crippen LogP contribution >= 0.6 is 0 Å². The molecule has 0 saturated heterocycles. The van der Waals surface area contributed by atoms with E-state index < -0.39 is 0 Å². The Morgan fingerprint density at radius 3 is 2.52 bits per heavy atom. The lowest BCUT2D eigenvalue weighted by atomic mass is 9.97. The molecule has 1 aliphatic heterocycles. The first-order chi connectivity index (χ1) is 12.3. The number of rotatable bonds is 4. The lowest BCUT2D eigenvalue weighted by Gasteiger charge is -2.23. The molecule has 0 fully saturated rings. The smallest absolute Gasteiger partial charge is 0.231 e. The van der Waals surface area contributed by atoms with Crippen LogP contribution in [0.3, 0.4) is 0 Å². The predicted molar refractivity (Wildman–Crippen MR) is 95.7 cm³/mol. The number of hydrogen-bond donors (Lipinski definition) is 1. The molecule has 126 valence electrons. The van der Waals surface area contributed by atoms with E-state index in [0.717, 1.165) is 42.2 Å². The molecule has 0 aliphatic carbocycles.